The lowest BCUT2D eigenvalue weighted by Crippen LogP contribution is -2.30. The van der Waals surface area contributed by atoms with Crippen LogP contribution in [0.2, 0.25) is 0 Å². The molecular formula is C27H23BrN4O3. The fourth-order valence-corrected chi connectivity index (χ4v) is 4.29. The van der Waals surface area contributed by atoms with E-state index in [0.29, 0.717) is 23.8 Å². The summed E-state index contributed by atoms with van der Waals surface area (Å²) in [7, 11) is 0. The summed E-state index contributed by atoms with van der Waals surface area (Å²) in [5, 5.41) is 7.68. The number of fused-ring (bicyclic) bond motifs is 1. The molecule has 5 rings (SSSR count). The Morgan fingerprint density at radius 1 is 1.03 bits per heavy atom. The summed E-state index contributed by atoms with van der Waals surface area (Å²) in [5.41, 5.74) is 3.93. The van der Waals surface area contributed by atoms with E-state index >= 15 is 0 Å². The van der Waals surface area contributed by atoms with Crippen LogP contribution in [0.15, 0.2) is 95.2 Å². The molecule has 1 aromatic heterocycles. The topological polar surface area (TPSA) is 78.3 Å². The number of halogens is 1. The number of rotatable bonds is 7. The van der Waals surface area contributed by atoms with E-state index in [1.807, 2.05) is 78.9 Å². The zero-order chi connectivity index (χ0) is 24.2. The van der Waals surface area contributed by atoms with Crippen molar-refractivity contribution in [2.45, 2.75) is 19.6 Å². The van der Waals surface area contributed by atoms with E-state index in [4.69, 9.17) is 9.47 Å². The van der Waals surface area contributed by atoms with Crippen LogP contribution in [-0.2, 0) is 16.1 Å². The number of carbonyl (C=O) groups is 1. The van der Waals surface area contributed by atoms with Crippen LogP contribution in [0.3, 0.4) is 0 Å². The Morgan fingerprint density at radius 2 is 1.77 bits per heavy atom. The first-order valence-electron chi connectivity index (χ1n) is 11.2. The van der Waals surface area contributed by atoms with Crippen molar-refractivity contribution in [2.24, 2.45) is 0 Å². The first kappa shape index (κ1) is 22.9. The number of hydrogen-bond donors (Lipinski definition) is 1. The van der Waals surface area contributed by atoms with Crippen LogP contribution < -0.4 is 10.1 Å². The predicted octanol–water partition coefficient (Wildman–Crippen LogP) is 5.61. The van der Waals surface area contributed by atoms with Crippen molar-refractivity contribution < 1.29 is 14.3 Å². The maximum Gasteiger partial charge on any atom is 0.338 e. The van der Waals surface area contributed by atoms with E-state index in [1.165, 1.54) is 6.33 Å². The van der Waals surface area contributed by atoms with Crippen LogP contribution in [0, 0.1) is 0 Å². The lowest BCUT2D eigenvalue weighted by atomic mass is 9.93. The second-order valence-electron chi connectivity index (χ2n) is 7.92. The van der Waals surface area contributed by atoms with E-state index in [-0.39, 0.29) is 6.61 Å². The van der Waals surface area contributed by atoms with Gasteiger partial charge in [-0.25, -0.2) is 9.48 Å². The Bertz CT molecular complexity index is 1350. The maximum absolute atomic E-state index is 13.2. The first-order chi connectivity index (χ1) is 17.1. The van der Waals surface area contributed by atoms with Crippen LogP contribution in [0.25, 0.3) is 5.70 Å². The molecule has 0 radical (unpaired) electrons. The first-order valence-corrected chi connectivity index (χ1v) is 12.0. The summed E-state index contributed by atoms with van der Waals surface area (Å²) in [4.78, 5) is 17.6. The zero-order valence-corrected chi connectivity index (χ0v) is 20.6. The fourth-order valence-electron chi connectivity index (χ4n) is 4.02. The number of nitrogens with zero attached hydrogens (tertiary/aromatic N) is 3. The minimum absolute atomic E-state index is 0.268. The predicted molar refractivity (Wildman–Crippen MR) is 137 cm³/mol. The molecule has 0 saturated heterocycles. The molecule has 0 spiro atoms. The fraction of sp³-hybridized carbons (Fsp3) is 0.148. The Hall–Kier alpha value is -3.91. The number of hydrogen-bond acceptors (Lipinski definition) is 6. The van der Waals surface area contributed by atoms with Gasteiger partial charge in [-0.1, -0.05) is 70.5 Å². The number of esters is 1. The Balaban J connectivity index is 1.50. The monoisotopic (exact) mass is 530 g/mol. The van der Waals surface area contributed by atoms with Gasteiger partial charge >= 0.3 is 5.97 Å². The number of benzene rings is 3. The summed E-state index contributed by atoms with van der Waals surface area (Å²) < 4.78 is 14.2. The zero-order valence-electron chi connectivity index (χ0n) is 19.0. The highest BCUT2D eigenvalue weighted by Crippen LogP contribution is 2.39. The molecule has 0 unspecified atom stereocenters. The lowest BCUT2D eigenvalue weighted by Gasteiger charge is -2.29. The molecule has 4 aromatic rings. The van der Waals surface area contributed by atoms with Gasteiger partial charge in [0.15, 0.2) is 0 Å². The molecule has 0 fully saturated rings. The summed E-state index contributed by atoms with van der Waals surface area (Å²) in [5.74, 6) is 0.882. The van der Waals surface area contributed by atoms with E-state index in [9.17, 15) is 4.79 Å². The molecule has 2 heterocycles. The van der Waals surface area contributed by atoms with E-state index in [2.05, 4.69) is 31.3 Å². The third kappa shape index (κ3) is 4.83. The second-order valence-corrected chi connectivity index (χ2v) is 8.83. The number of ether oxygens (including phenoxy) is 2. The molecule has 7 nitrogen and oxygen atoms in total. The van der Waals surface area contributed by atoms with Gasteiger partial charge in [0, 0.05) is 4.47 Å². The quantitative estimate of drug-likeness (QED) is 0.313. The molecule has 8 heteroatoms. The van der Waals surface area contributed by atoms with E-state index < -0.39 is 12.0 Å². The SMILES string of the molecule is CCOC(=O)C1=C(c2ccccc2)Nc2ncnn2[C@@H]1c1ccc(OCc2ccc(Br)cc2)cc1. The maximum atomic E-state index is 13.2. The van der Waals surface area contributed by atoms with Gasteiger partial charge in [-0.05, 0) is 47.9 Å². The highest BCUT2D eigenvalue weighted by Gasteiger charge is 2.36. The van der Waals surface area contributed by atoms with Crippen LogP contribution in [0.1, 0.15) is 29.7 Å². The molecule has 0 amide bonds. The smallest absolute Gasteiger partial charge is 0.338 e. The lowest BCUT2D eigenvalue weighted by molar-refractivity contribution is -0.138. The van der Waals surface area contributed by atoms with Crippen molar-refractivity contribution in [2.75, 3.05) is 11.9 Å². The van der Waals surface area contributed by atoms with Gasteiger partial charge in [-0.3, -0.25) is 0 Å². The Kier molecular flexibility index (Phi) is 6.63. The van der Waals surface area contributed by atoms with Crippen molar-refractivity contribution in [3.05, 3.63) is 112 Å². The van der Waals surface area contributed by atoms with Gasteiger partial charge in [-0.2, -0.15) is 10.1 Å². The van der Waals surface area contributed by atoms with Gasteiger partial charge in [0.05, 0.1) is 17.9 Å². The molecule has 1 aliphatic heterocycles. The molecule has 1 atom stereocenters. The largest absolute Gasteiger partial charge is 0.489 e. The number of anilines is 1. The summed E-state index contributed by atoms with van der Waals surface area (Å²) >= 11 is 3.45. The van der Waals surface area contributed by atoms with E-state index in [1.54, 1.807) is 11.6 Å². The van der Waals surface area contributed by atoms with Crippen LogP contribution in [0.4, 0.5) is 5.95 Å². The Labute approximate surface area is 211 Å². The molecule has 35 heavy (non-hydrogen) atoms. The average Bonchev–Trinajstić information content (AvgIpc) is 3.37. The van der Waals surface area contributed by atoms with Crippen LogP contribution in [0.5, 0.6) is 5.75 Å². The molecular weight excluding hydrogens is 508 g/mol. The average molecular weight is 531 g/mol. The van der Waals surface area contributed by atoms with Crippen molar-refractivity contribution in [1.29, 1.82) is 0 Å². The molecule has 0 aliphatic carbocycles. The highest BCUT2D eigenvalue weighted by molar-refractivity contribution is 9.10. The van der Waals surface area contributed by atoms with Crippen molar-refractivity contribution in [3.63, 3.8) is 0 Å². The van der Waals surface area contributed by atoms with E-state index in [0.717, 1.165) is 26.9 Å². The number of nitrogens with one attached hydrogen (secondary N) is 1. The molecule has 176 valence electrons. The number of carbonyl (C=O) groups excluding carboxylic acids is 1. The molecule has 0 saturated carbocycles. The summed E-state index contributed by atoms with van der Waals surface area (Å²) in [6.45, 7) is 2.52. The standard InChI is InChI=1S/C27H23BrN4O3/c1-2-34-26(33)23-24(19-6-4-3-5-7-19)31-27-29-17-30-32(27)25(23)20-10-14-22(15-11-20)35-16-18-8-12-21(28)13-9-18/h3-15,17,25H,2,16H2,1H3,(H,29,30,31)/t25-/m1/s1. The second kappa shape index (κ2) is 10.1. The van der Waals surface area contributed by atoms with Gasteiger partial charge < -0.3 is 14.8 Å². The molecule has 0 bridgehead atoms. The molecule has 3 aromatic carbocycles. The summed E-state index contributed by atoms with van der Waals surface area (Å²) in [6, 6.07) is 24.9. The van der Waals surface area contributed by atoms with Gasteiger partial charge in [0.25, 0.3) is 0 Å². The highest BCUT2D eigenvalue weighted by atomic mass is 79.9. The third-order valence-electron chi connectivity index (χ3n) is 5.67. The molecule has 1 N–H and O–H groups in total. The van der Waals surface area contributed by atoms with Gasteiger partial charge in [0.1, 0.15) is 24.7 Å². The van der Waals surface area contributed by atoms with Gasteiger partial charge in [0.2, 0.25) is 5.95 Å². The minimum Gasteiger partial charge on any atom is -0.489 e. The van der Waals surface area contributed by atoms with Crippen LogP contribution >= 0.6 is 15.9 Å². The molecule has 1 aliphatic rings. The number of aromatic nitrogens is 3. The summed E-state index contributed by atoms with van der Waals surface area (Å²) in [6.07, 6.45) is 1.47. The van der Waals surface area contributed by atoms with Crippen LogP contribution in [-0.4, -0.2) is 27.3 Å². The Morgan fingerprint density at radius 3 is 2.49 bits per heavy atom. The van der Waals surface area contributed by atoms with Gasteiger partial charge in [-0.15, -0.1) is 0 Å². The van der Waals surface area contributed by atoms with Crippen molar-refractivity contribution >= 4 is 33.5 Å². The van der Waals surface area contributed by atoms with Crippen molar-refractivity contribution in [1.82, 2.24) is 14.8 Å². The third-order valence-corrected chi connectivity index (χ3v) is 6.20. The minimum atomic E-state index is -0.511. The normalized spacial score (nSPS) is 14.7. The van der Waals surface area contributed by atoms with Crippen molar-refractivity contribution in [3.8, 4) is 5.75 Å².